The summed E-state index contributed by atoms with van der Waals surface area (Å²) < 4.78 is 15.1. The summed E-state index contributed by atoms with van der Waals surface area (Å²) in [6.07, 6.45) is 1.26. The fourth-order valence-electron chi connectivity index (χ4n) is 2.57. The summed E-state index contributed by atoms with van der Waals surface area (Å²) in [6, 6.07) is 2.18. The third-order valence-corrected chi connectivity index (χ3v) is 4.45. The van der Waals surface area contributed by atoms with Crippen molar-refractivity contribution in [1.29, 1.82) is 0 Å². The van der Waals surface area contributed by atoms with Crippen LogP contribution in [0.15, 0.2) is 35.1 Å². The molecule has 0 unspecified atom stereocenters. The first kappa shape index (κ1) is 17.8. The van der Waals surface area contributed by atoms with Gasteiger partial charge in [-0.2, -0.15) is 0 Å². The quantitative estimate of drug-likeness (QED) is 0.802. The van der Waals surface area contributed by atoms with Gasteiger partial charge in [0.25, 0.3) is 5.91 Å². The number of rotatable bonds is 5. The van der Waals surface area contributed by atoms with Crippen molar-refractivity contribution in [2.75, 3.05) is 0 Å². The highest BCUT2D eigenvalue weighted by molar-refractivity contribution is 8.06. The Morgan fingerprint density at radius 3 is 2.62 bits per heavy atom. The fraction of sp³-hybridized carbons (Fsp3) is 0.176. The second-order valence-electron chi connectivity index (χ2n) is 5.03. The molecule has 2 aromatic rings. The summed E-state index contributed by atoms with van der Waals surface area (Å²) in [5.41, 5.74) is 0.972. The van der Waals surface area contributed by atoms with Gasteiger partial charge in [-0.15, -0.1) is 0 Å². The molecule has 0 spiro atoms. The van der Waals surface area contributed by atoms with Crippen LogP contribution >= 0.6 is 11.8 Å². The molecule has 126 valence electrons. The van der Waals surface area contributed by atoms with Crippen molar-refractivity contribution in [3.05, 3.63) is 52.2 Å². The van der Waals surface area contributed by atoms with Crippen molar-refractivity contribution in [3.63, 3.8) is 0 Å². The van der Waals surface area contributed by atoms with Gasteiger partial charge in [-0.3, -0.25) is 14.2 Å². The summed E-state index contributed by atoms with van der Waals surface area (Å²) in [7, 11) is 0. The molecule has 0 amide bonds. The molecule has 7 heteroatoms. The van der Waals surface area contributed by atoms with E-state index in [0.717, 1.165) is 23.9 Å². The average Bonchev–Trinajstić information content (AvgIpc) is 2.76. The SMILES string of the molecule is C=CS/C(=C\C)C(=O)n1c(C)c(CC(=O)O)c2cc(O)c(F)cc21. The fourth-order valence-corrected chi connectivity index (χ4v) is 3.07. The number of phenols is 1. The van der Waals surface area contributed by atoms with E-state index < -0.39 is 23.4 Å². The molecule has 0 saturated heterocycles. The number of aromatic nitrogens is 1. The van der Waals surface area contributed by atoms with Crippen LogP contribution in [0, 0.1) is 12.7 Å². The largest absolute Gasteiger partial charge is 0.505 e. The second kappa shape index (κ2) is 6.92. The summed E-state index contributed by atoms with van der Waals surface area (Å²) in [6.45, 7) is 6.85. The molecule has 0 aliphatic carbocycles. The minimum atomic E-state index is -1.08. The lowest BCUT2D eigenvalue weighted by Crippen LogP contribution is -2.14. The van der Waals surface area contributed by atoms with Crippen LogP contribution in [0.25, 0.3) is 10.9 Å². The Hall–Kier alpha value is -2.54. The number of carboxylic acid groups (broad SMARTS) is 1. The molecular formula is C17H16FNO4S. The van der Waals surface area contributed by atoms with Crippen molar-refractivity contribution in [1.82, 2.24) is 4.57 Å². The molecule has 0 bridgehead atoms. The maximum absolute atomic E-state index is 13.8. The Morgan fingerprint density at radius 2 is 2.08 bits per heavy atom. The van der Waals surface area contributed by atoms with Crippen LogP contribution in [0.2, 0.25) is 0 Å². The van der Waals surface area contributed by atoms with E-state index in [1.54, 1.807) is 19.9 Å². The number of halogens is 1. The molecule has 24 heavy (non-hydrogen) atoms. The smallest absolute Gasteiger partial charge is 0.307 e. The molecule has 0 radical (unpaired) electrons. The number of aliphatic carboxylic acids is 1. The lowest BCUT2D eigenvalue weighted by molar-refractivity contribution is -0.136. The Labute approximate surface area is 142 Å². The monoisotopic (exact) mass is 349 g/mol. The first-order valence-corrected chi connectivity index (χ1v) is 7.92. The van der Waals surface area contributed by atoms with Crippen molar-refractivity contribution >= 4 is 34.5 Å². The lowest BCUT2D eigenvalue weighted by atomic mass is 10.1. The minimum absolute atomic E-state index is 0.216. The zero-order chi connectivity index (χ0) is 18.0. The van der Waals surface area contributed by atoms with Gasteiger partial charge in [0, 0.05) is 17.1 Å². The molecule has 0 aliphatic heterocycles. The maximum atomic E-state index is 13.8. The number of carbonyl (C=O) groups excluding carboxylic acids is 1. The predicted molar refractivity (Wildman–Crippen MR) is 91.8 cm³/mol. The topological polar surface area (TPSA) is 79.5 Å². The highest BCUT2D eigenvalue weighted by atomic mass is 32.2. The van der Waals surface area contributed by atoms with E-state index in [-0.39, 0.29) is 11.9 Å². The van der Waals surface area contributed by atoms with Gasteiger partial charge in [0.15, 0.2) is 11.6 Å². The van der Waals surface area contributed by atoms with Gasteiger partial charge in [0.1, 0.15) is 0 Å². The Balaban J connectivity index is 2.80. The number of carbonyl (C=O) groups is 2. The first-order chi connectivity index (χ1) is 11.3. The second-order valence-corrected chi connectivity index (χ2v) is 6.04. The molecular weight excluding hydrogens is 333 g/mol. The molecule has 5 nitrogen and oxygen atoms in total. The average molecular weight is 349 g/mol. The molecule has 1 heterocycles. The molecule has 0 fully saturated rings. The summed E-state index contributed by atoms with van der Waals surface area (Å²) in [5, 5.41) is 20.5. The Morgan fingerprint density at radius 1 is 1.42 bits per heavy atom. The van der Waals surface area contributed by atoms with Gasteiger partial charge >= 0.3 is 5.97 Å². The van der Waals surface area contributed by atoms with E-state index in [2.05, 4.69) is 6.58 Å². The van der Waals surface area contributed by atoms with Crippen LogP contribution in [0.4, 0.5) is 4.39 Å². The van der Waals surface area contributed by atoms with Gasteiger partial charge < -0.3 is 10.2 Å². The number of thioether (sulfide) groups is 1. The lowest BCUT2D eigenvalue weighted by Gasteiger charge is -2.09. The van der Waals surface area contributed by atoms with E-state index >= 15 is 0 Å². The standard InChI is InChI=1S/C17H16FNO4S/c1-4-15(24-5-2)17(23)19-9(3)10(7-16(21)22)11-6-14(20)12(18)8-13(11)19/h4-6,8,20H,2,7H2,1,3H3,(H,21,22)/b15-4-. The number of carboxylic acids is 1. The Kier molecular flexibility index (Phi) is 5.14. The molecule has 2 N–H and O–H groups in total. The number of hydrogen-bond acceptors (Lipinski definition) is 4. The van der Waals surface area contributed by atoms with Gasteiger partial charge in [-0.05, 0) is 30.9 Å². The number of fused-ring (bicyclic) bond motifs is 1. The highest BCUT2D eigenvalue weighted by Crippen LogP contribution is 2.33. The molecule has 0 saturated carbocycles. The number of nitrogens with zero attached hydrogens (tertiary/aromatic N) is 1. The van der Waals surface area contributed by atoms with Crippen LogP contribution in [0.1, 0.15) is 23.0 Å². The Bertz CT molecular complexity index is 883. The number of benzene rings is 1. The van der Waals surface area contributed by atoms with Crippen LogP contribution in [0.5, 0.6) is 5.75 Å². The van der Waals surface area contributed by atoms with Gasteiger partial charge in [0.05, 0.1) is 16.8 Å². The molecule has 0 atom stereocenters. The third kappa shape index (κ3) is 3.07. The summed E-state index contributed by atoms with van der Waals surface area (Å²) in [4.78, 5) is 24.3. The number of hydrogen-bond donors (Lipinski definition) is 2. The highest BCUT2D eigenvalue weighted by Gasteiger charge is 2.23. The van der Waals surface area contributed by atoms with E-state index in [9.17, 15) is 19.1 Å². The van der Waals surface area contributed by atoms with E-state index in [1.807, 2.05) is 0 Å². The van der Waals surface area contributed by atoms with E-state index in [1.165, 1.54) is 9.98 Å². The van der Waals surface area contributed by atoms with Crippen LogP contribution in [0.3, 0.4) is 0 Å². The van der Waals surface area contributed by atoms with E-state index in [4.69, 9.17) is 5.11 Å². The zero-order valence-electron chi connectivity index (χ0n) is 13.2. The first-order valence-electron chi connectivity index (χ1n) is 7.04. The van der Waals surface area contributed by atoms with Crippen molar-refractivity contribution in [2.24, 2.45) is 0 Å². The van der Waals surface area contributed by atoms with E-state index in [0.29, 0.717) is 21.5 Å². The van der Waals surface area contributed by atoms with Gasteiger partial charge in [0.2, 0.25) is 0 Å². The number of phenolic OH excluding ortho intramolecular Hbond substituents is 1. The normalized spacial score (nSPS) is 11.7. The number of allylic oxidation sites excluding steroid dienone is 2. The minimum Gasteiger partial charge on any atom is -0.505 e. The van der Waals surface area contributed by atoms with Crippen molar-refractivity contribution in [2.45, 2.75) is 20.3 Å². The van der Waals surface area contributed by atoms with Crippen molar-refractivity contribution in [3.8, 4) is 5.75 Å². The van der Waals surface area contributed by atoms with Crippen molar-refractivity contribution < 1.29 is 24.2 Å². The molecule has 1 aromatic carbocycles. The summed E-state index contributed by atoms with van der Waals surface area (Å²) >= 11 is 1.12. The third-order valence-electron chi connectivity index (χ3n) is 3.62. The number of aromatic hydroxyl groups is 1. The van der Waals surface area contributed by atoms with Gasteiger partial charge in [-0.1, -0.05) is 24.4 Å². The molecule has 1 aromatic heterocycles. The van der Waals surface area contributed by atoms with Crippen LogP contribution < -0.4 is 0 Å². The van der Waals surface area contributed by atoms with Crippen LogP contribution in [-0.4, -0.2) is 26.7 Å². The van der Waals surface area contributed by atoms with Gasteiger partial charge in [-0.25, -0.2) is 4.39 Å². The molecule has 2 rings (SSSR count). The maximum Gasteiger partial charge on any atom is 0.307 e. The van der Waals surface area contributed by atoms with Crippen LogP contribution in [-0.2, 0) is 11.2 Å². The molecule has 0 aliphatic rings. The predicted octanol–water partition coefficient (Wildman–Crippen LogP) is 3.84. The summed E-state index contributed by atoms with van der Waals surface area (Å²) in [5.74, 6) is -2.97. The zero-order valence-corrected chi connectivity index (χ0v) is 14.0.